The van der Waals surface area contributed by atoms with E-state index in [2.05, 4.69) is 4.81 Å². The Morgan fingerprint density at radius 3 is 2.55 bits per heavy atom. The molecule has 2 atom stereocenters. The summed E-state index contributed by atoms with van der Waals surface area (Å²) in [6.07, 6.45) is -1.39. The first-order chi connectivity index (χ1) is 5.26. The molecule has 0 fully saturated rings. The van der Waals surface area contributed by atoms with Crippen LogP contribution in [0.1, 0.15) is 0 Å². The van der Waals surface area contributed by atoms with E-state index in [0.29, 0.717) is 0 Å². The van der Waals surface area contributed by atoms with Crippen LogP contribution in [-0.2, 0) is 9.54 Å². The summed E-state index contributed by atoms with van der Waals surface area (Å²) >= 11 is 0. The first-order valence-electron chi connectivity index (χ1n) is 3.19. The first-order valence-corrected chi connectivity index (χ1v) is 3.19. The van der Waals surface area contributed by atoms with E-state index >= 15 is 0 Å². The topological polar surface area (TPSA) is 79.2 Å². The SMILES string of the molecule is COC(CO)C(O)C[B]OO. The molecule has 6 heteroatoms. The van der Waals surface area contributed by atoms with Crippen LogP contribution in [0.4, 0.5) is 0 Å². The smallest absolute Gasteiger partial charge is 0.346 e. The van der Waals surface area contributed by atoms with Gasteiger partial charge in [0.2, 0.25) is 0 Å². The Hall–Kier alpha value is -0.135. The van der Waals surface area contributed by atoms with E-state index in [1.807, 2.05) is 0 Å². The number of hydrogen-bond donors (Lipinski definition) is 3. The third-order valence-electron chi connectivity index (χ3n) is 1.32. The minimum atomic E-state index is -0.864. The normalized spacial score (nSPS) is 16.0. The van der Waals surface area contributed by atoms with Gasteiger partial charge in [0.05, 0.1) is 12.7 Å². The second-order valence-electron chi connectivity index (χ2n) is 2.03. The number of rotatable bonds is 6. The van der Waals surface area contributed by atoms with E-state index in [-0.39, 0.29) is 12.9 Å². The Kier molecular flexibility index (Phi) is 6.49. The van der Waals surface area contributed by atoms with Crippen LogP contribution in [0.3, 0.4) is 0 Å². The van der Waals surface area contributed by atoms with Crippen molar-refractivity contribution in [2.24, 2.45) is 0 Å². The van der Waals surface area contributed by atoms with Gasteiger partial charge >= 0.3 is 7.48 Å². The molecule has 0 aliphatic carbocycles. The van der Waals surface area contributed by atoms with Crippen molar-refractivity contribution in [2.75, 3.05) is 13.7 Å². The second kappa shape index (κ2) is 6.57. The lowest BCUT2D eigenvalue weighted by atomic mass is 9.89. The first kappa shape index (κ1) is 10.9. The van der Waals surface area contributed by atoms with Crippen LogP contribution < -0.4 is 0 Å². The van der Waals surface area contributed by atoms with E-state index in [1.165, 1.54) is 7.11 Å². The molecule has 0 heterocycles. The lowest BCUT2D eigenvalue weighted by molar-refractivity contribution is -0.140. The molecule has 0 spiro atoms. The Morgan fingerprint density at radius 2 is 2.18 bits per heavy atom. The van der Waals surface area contributed by atoms with Gasteiger partial charge in [-0.3, -0.25) is 5.26 Å². The van der Waals surface area contributed by atoms with Gasteiger partial charge in [0, 0.05) is 7.11 Å². The Labute approximate surface area is 65.8 Å². The van der Waals surface area contributed by atoms with Crippen molar-refractivity contribution >= 4 is 7.48 Å². The zero-order chi connectivity index (χ0) is 8.69. The van der Waals surface area contributed by atoms with Crippen molar-refractivity contribution in [3.8, 4) is 0 Å². The number of hydrogen-bond acceptors (Lipinski definition) is 5. The van der Waals surface area contributed by atoms with E-state index in [0.717, 1.165) is 7.48 Å². The van der Waals surface area contributed by atoms with Crippen LogP contribution >= 0.6 is 0 Å². The second-order valence-corrected chi connectivity index (χ2v) is 2.03. The molecular weight excluding hydrogens is 151 g/mol. The van der Waals surface area contributed by atoms with Crippen LogP contribution in [0.2, 0.25) is 6.32 Å². The molecule has 0 aromatic heterocycles. The molecule has 0 bridgehead atoms. The van der Waals surface area contributed by atoms with Crippen molar-refractivity contribution in [1.82, 2.24) is 0 Å². The zero-order valence-corrected chi connectivity index (χ0v) is 6.30. The van der Waals surface area contributed by atoms with E-state index in [1.54, 1.807) is 0 Å². The molecule has 0 amide bonds. The highest BCUT2D eigenvalue weighted by Gasteiger charge is 2.17. The quantitative estimate of drug-likeness (QED) is 0.262. The monoisotopic (exact) mass is 163 g/mol. The summed E-state index contributed by atoms with van der Waals surface area (Å²) in [6, 6.07) is 0. The van der Waals surface area contributed by atoms with E-state index < -0.39 is 12.2 Å². The summed E-state index contributed by atoms with van der Waals surface area (Å²) in [5, 5.41) is 25.6. The number of ether oxygens (including phenoxy) is 1. The summed E-state index contributed by atoms with van der Waals surface area (Å²) in [7, 11) is 2.40. The largest absolute Gasteiger partial charge is 0.394 e. The van der Waals surface area contributed by atoms with Crippen LogP contribution in [0.5, 0.6) is 0 Å². The van der Waals surface area contributed by atoms with Gasteiger partial charge in [-0.05, 0) is 6.32 Å². The van der Waals surface area contributed by atoms with Crippen molar-refractivity contribution in [3.63, 3.8) is 0 Å². The Bertz CT molecular complexity index is 86.9. The standard InChI is InChI=1S/C5H12BO5/c1-10-5(3-7)4(8)2-6-11-9/h4-5,7-9H,2-3H2,1H3. The predicted octanol–water partition coefficient (Wildman–Crippen LogP) is -1.12. The molecule has 5 nitrogen and oxygen atoms in total. The van der Waals surface area contributed by atoms with Crippen LogP contribution in [0.15, 0.2) is 0 Å². The molecule has 0 rings (SSSR count). The number of aliphatic hydroxyl groups excluding tert-OH is 2. The number of aliphatic hydroxyl groups is 2. The predicted molar refractivity (Wildman–Crippen MR) is 38.2 cm³/mol. The van der Waals surface area contributed by atoms with Gasteiger partial charge in [0.25, 0.3) is 0 Å². The molecule has 0 saturated carbocycles. The molecular formula is C5H12BO5. The molecule has 2 unspecified atom stereocenters. The van der Waals surface area contributed by atoms with Gasteiger partial charge in [-0.15, -0.1) is 0 Å². The van der Waals surface area contributed by atoms with Crippen molar-refractivity contribution in [2.45, 2.75) is 18.5 Å². The van der Waals surface area contributed by atoms with Gasteiger partial charge in [-0.25, -0.2) is 0 Å². The van der Waals surface area contributed by atoms with E-state index in [9.17, 15) is 0 Å². The molecule has 0 aliphatic rings. The molecule has 0 aliphatic heterocycles. The van der Waals surface area contributed by atoms with Crippen LogP contribution in [0.25, 0.3) is 0 Å². The summed E-state index contributed by atoms with van der Waals surface area (Å²) in [6.45, 7) is -0.267. The molecule has 0 aromatic carbocycles. The van der Waals surface area contributed by atoms with Crippen molar-refractivity contribution in [3.05, 3.63) is 0 Å². The third-order valence-corrected chi connectivity index (χ3v) is 1.32. The average Bonchev–Trinajstić information content (AvgIpc) is 2.03. The maximum absolute atomic E-state index is 9.13. The molecule has 11 heavy (non-hydrogen) atoms. The highest BCUT2D eigenvalue weighted by Crippen LogP contribution is 2.01. The van der Waals surface area contributed by atoms with Gasteiger partial charge < -0.3 is 19.8 Å². The summed E-state index contributed by atoms with van der Waals surface area (Å²) in [5.74, 6) is 0. The summed E-state index contributed by atoms with van der Waals surface area (Å²) < 4.78 is 4.70. The molecule has 3 N–H and O–H groups in total. The van der Waals surface area contributed by atoms with Gasteiger partial charge in [0.15, 0.2) is 0 Å². The van der Waals surface area contributed by atoms with Gasteiger partial charge in [-0.1, -0.05) is 0 Å². The fraction of sp³-hybridized carbons (Fsp3) is 1.00. The highest BCUT2D eigenvalue weighted by atomic mass is 17.1. The maximum Gasteiger partial charge on any atom is 0.346 e. The lowest BCUT2D eigenvalue weighted by Crippen LogP contribution is -2.32. The summed E-state index contributed by atoms with van der Waals surface area (Å²) in [5.41, 5.74) is 0. The minimum absolute atomic E-state index is 0.107. The average molecular weight is 163 g/mol. The molecule has 65 valence electrons. The van der Waals surface area contributed by atoms with Crippen molar-refractivity contribution in [1.29, 1.82) is 0 Å². The fourth-order valence-corrected chi connectivity index (χ4v) is 0.647. The molecule has 0 aromatic rings. The zero-order valence-electron chi connectivity index (χ0n) is 6.30. The lowest BCUT2D eigenvalue weighted by Gasteiger charge is -2.17. The van der Waals surface area contributed by atoms with Crippen molar-refractivity contribution < 1.29 is 25.0 Å². The van der Waals surface area contributed by atoms with E-state index in [4.69, 9.17) is 20.2 Å². The molecule has 1 radical (unpaired) electrons. The maximum atomic E-state index is 9.13. The number of methoxy groups -OCH3 is 1. The van der Waals surface area contributed by atoms with Crippen LogP contribution in [0, 0.1) is 0 Å². The van der Waals surface area contributed by atoms with Gasteiger partial charge in [0.1, 0.15) is 6.10 Å². The highest BCUT2D eigenvalue weighted by molar-refractivity contribution is 6.26. The minimum Gasteiger partial charge on any atom is -0.394 e. The van der Waals surface area contributed by atoms with Gasteiger partial charge in [-0.2, -0.15) is 0 Å². The Balaban J connectivity index is 3.51. The summed E-state index contributed by atoms with van der Waals surface area (Å²) in [4.78, 5) is 3.63. The van der Waals surface area contributed by atoms with Crippen LogP contribution in [-0.4, -0.2) is 48.9 Å². The fourth-order valence-electron chi connectivity index (χ4n) is 0.647. The molecule has 0 saturated heterocycles. The Morgan fingerprint density at radius 1 is 1.55 bits per heavy atom. The third kappa shape index (κ3) is 4.33.